The highest BCUT2D eigenvalue weighted by atomic mass is 16.6. The monoisotopic (exact) mass is 534 g/mol. The summed E-state index contributed by atoms with van der Waals surface area (Å²) in [5.41, 5.74) is 6.67. The van der Waals surface area contributed by atoms with Gasteiger partial charge in [0.05, 0.1) is 12.2 Å². The average molecular weight is 535 g/mol. The number of amides is 3. The van der Waals surface area contributed by atoms with Crippen LogP contribution in [0.5, 0.6) is 5.75 Å². The van der Waals surface area contributed by atoms with Crippen LogP contribution in [-0.4, -0.2) is 68.7 Å². The van der Waals surface area contributed by atoms with Crippen LogP contribution < -0.4 is 21.1 Å². The summed E-state index contributed by atoms with van der Waals surface area (Å²) in [5.74, 6) is -0.393. The maximum atomic E-state index is 13.0. The van der Waals surface area contributed by atoms with Crippen LogP contribution in [-0.2, 0) is 11.2 Å². The topological polar surface area (TPSA) is 123 Å². The van der Waals surface area contributed by atoms with E-state index in [1.54, 1.807) is 6.07 Å². The lowest BCUT2D eigenvalue weighted by Gasteiger charge is -2.19. The molecule has 1 aromatic carbocycles. The Kier molecular flexibility index (Phi) is 15.4. The molecule has 0 bridgehead atoms. The largest absolute Gasteiger partial charge is 0.493 e. The molecule has 0 radical (unpaired) electrons. The quantitative estimate of drug-likeness (QED) is 0.235. The van der Waals surface area contributed by atoms with Gasteiger partial charge in [-0.2, -0.15) is 0 Å². The van der Waals surface area contributed by atoms with Gasteiger partial charge in [-0.15, -0.1) is 0 Å². The third-order valence-electron chi connectivity index (χ3n) is 5.86. The van der Waals surface area contributed by atoms with E-state index in [-0.39, 0.29) is 11.5 Å². The Hall–Kier alpha value is -2.81. The van der Waals surface area contributed by atoms with E-state index in [0.29, 0.717) is 44.0 Å². The van der Waals surface area contributed by atoms with Crippen LogP contribution in [0.15, 0.2) is 12.1 Å². The van der Waals surface area contributed by atoms with Crippen molar-refractivity contribution in [3.05, 3.63) is 28.8 Å². The number of ether oxygens (including phenoxy) is 2. The first-order valence-corrected chi connectivity index (χ1v) is 13.9. The number of nitrogens with two attached hydrogens (primary N) is 1. The van der Waals surface area contributed by atoms with Gasteiger partial charge >= 0.3 is 6.09 Å². The summed E-state index contributed by atoms with van der Waals surface area (Å²) in [5, 5.41) is 5.72. The van der Waals surface area contributed by atoms with E-state index in [4.69, 9.17) is 15.2 Å². The predicted molar refractivity (Wildman–Crippen MR) is 152 cm³/mol. The standard InChI is InChI=1S/C29H50N4O5/c1-7-8-9-14-19-37-25-20-22(15-12-10-11-13-16-32-28(36)38-29(2,3)4)23(21-24(25)26(30)34)27(35)31-17-18-33(5)6/h20-21H,7-19H2,1-6H3,(H2,30,34)(H,31,35)(H,32,36). The molecule has 9 nitrogen and oxygen atoms in total. The van der Waals surface area contributed by atoms with Gasteiger partial charge in [-0.05, 0) is 78.2 Å². The fraction of sp³-hybridized carbons (Fsp3) is 0.690. The molecule has 0 atom stereocenters. The Bertz CT molecular complexity index is 880. The SMILES string of the molecule is CCCCCCOc1cc(CCCCCCNC(=O)OC(C)(C)C)c(C(=O)NCCN(C)C)cc1C(N)=O. The minimum absolute atomic E-state index is 0.222. The highest BCUT2D eigenvalue weighted by Crippen LogP contribution is 2.26. The van der Waals surface area contributed by atoms with Gasteiger partial charge in [0.2, 0.25) is 0 Å². The molecule has 0 saturated carbocycles. The highest BCUT2D eigenvalue weighted by molar-refractivity contribution is 6.02. The molecule has 216 valence electrons. The third-order valence-corrected chi connectivity index (χ3v) is 5.86. The molecular weight excluding hydrogens is 484 g/mol. The van der Waals surface area contributed by atoms with Crippen LogP contribution in [0.25, 0.3) is 0 Å². The van der Waals surface area contributed by atoms with Gasteiger partial charge in [0, 0.05) is 25.2 Å². The second kappa shape index (κ2) is 17.7. The molecule has 0 unspecified atom stereocenters. The number of nitrogens with zero attached hydrogens (tertiary/aromatic N) is 1. The van der Waals surface area contributed by atoms with Gasteiger partial charge in [-0.1, -0.05) is 39.0 Å². The molecule has 1 rings (SSSR count). The van der Waals surface area contributed by atoms with Crippen molar-refractivity contribution in [3.63, 3.8) is 0 Å². The number of unbranched alkanes of at least 4 members (excludes halogenated alkanes) is 6. The Labute approximate surface area is 229 Å². The molecule has 4 N–H and O–H groups in total. The second-order valence-electron chi connectivity index (χ2n) is 10.9. The minimum atomic E-state index is -0.611. The molecule has 0 heterocycles. The number of benzene rings is 1. The molecule has 3 amide bonds. The number of hydrogen-bond donors (Lipinski definition) is 3. The maximum absolute atomic E-state index is 13.0. The molecule has 38 heavy (non-hydrogen) atoms. The van der Waals surface area contributed by atoms with Crippen LogP contribution in [0, 0.1) is 0 Å². The Morgan fingerprint density at radius 2 is 1.58 bits per heavy atom. The van der Waals surface area contributed by atoms with E-state index < -0.39 is 17.6 Å². The summed E-state index contributed by atoms with van der Waals surface area (Å²) in [4.78, 5) is 39.0. The van der Waals surface area contributed by atoms with Gasteiger partial charge in [-0.3, -0.25) is 9.59 Å². The van der Waals surface area contributed by atoms with Gasteiger partial charge in [0.1, 0.15) is 11.4 Å². The normalized spacial score (nSPS) is 11.3. The maximum Gasteiger partial charge on any atom is 0.407 e. The van der Waals surface area contributed by atoms with Crippen molar-refractivity contribution in [1.29, 1.82) is 0 Å². The predicted octanol–water partition coefficient (Wildman–Crippen LogP) is 4.66. The molecule has 0 fully saturated rings. The van der Waals surface area contributed by atoms with Crippen molar-refractivity contribution in [1.82, 2.24) is 15.5 Å². The first kappa shape index (κ1) is 33.2. The van der Waals surface area contributed by atoms with Crippen molar-refractivity contribution >= 4 is 17.9 Å². The summed E-state index contributed by atoms with van der Waals surface area (Å²) in [6.07, 6.45) is 8.04. The van der Waals surface area contributed by atoms with Crippen molar-refractivity contribution in [3.8, 4) is 5.75 Å². The van der Waals surface area contributed by atoms with Gasteiger partial charge in [-0.25, -0.2) is 4.79 Å². The average Bonchev–Trinajstić information content (AvgIpc) is 2.81. The summed E-state index contributed by atoms with van der Waals surface area (Å²) >= 11 is 0. The van der Waals surface area contributed by atoms with E-state index in [9.17, 15) is 14.4 Å². The Morgan fingerprint density at radius 3 is 2.21 bits per heavy atom. The molecule has 9 heteroatoms. The van der Waals surface area contributed by atoms with Crippen LogP contribution >= 0.6 is 0 Å². The third kappa shape index (κ3) is 14.2. The fourth-order valence-electron chi connectivity index (χ4n) is 3.85. The zero-order valence-corrected chi connectivity index (χ0v) is 24.4. The number of primary amides is 1. The molecule has 0 aliphatic heterocycles. The molecular formula is C29H50N4O5. The highest BCUT2D eigenvalue weighted by Gasteiger charge is 2.19. The van der Waals surface area contributed by atoms with E-state index in [0.717, 1.165) is 56.9 Å². The fourth-order valence-corrected chi connectivity index (χ4v) is 3.85. The zero-order valence-electron chi connectivity index (χ0n) is 24.4. The summed E-state index contributed by atoms with van der Waals surface area (Å²) in [7, 11) is 3.89. The molecule has 1 aromatic rings. The number of aryl methyl sites for hydroxylation is 1. The van der Waals surface area contributed by atoms with E-state index in [1.165, 1.54) is 0 Å². The molecule has 0 spiro atoms. The lowest BCUT2D eigenvalue weighted by Crippen LogP contribution is -2.32. The molecule has 0 aliphatic carbocycles. The first-order valence-electron chi connectivity index (χ1n) is 13.9. The van der Waals surface area contributed by atoms with Crippen molar-refractivity contribution < 1.29 is 23.9 Å². The lowest BCUT2D eigenvalue weighted by atomic mass is 9.96. The Morgan fingerprint density at radius 1 is 0.895 bits per heavy atom. The number of rotatable bonds is 18. The van der Waals surface area contributed by atoms with Crippen LogP contribution in [0.1, 0.15) is 105 Å². The molecule has 0 aromatic heterocycles. The smallest absolute Gasteiger partial charge is 0.407 e. The lowest BCUT2D eigenvalue weighted by molar-refractivity contribution is 0.0526. The van der Waals surface area contributed by atoms with Crippen molar-refractivity contribution in [2.45, 2.75) is 91.1 Å². The molecule has 0 saturated heterocycles. The van der Waals surface area contributed by atoms with Gasteiger partial charge in [0.25, 0.3) is 11.8 Å². The minimum Gasteiger partial charge on any atom is -0.493 e. The van der Waals surface area contributed by atoms with Crippen LogP contribution in [0.3, 0.4) is 0 Å². The van der Waals surface area contributed by atoms with E-state index in [2.05, 4.69) is 17.6 Å². The summed E-state index contributed by atoms with van der Waals surface area (Å²) in [6.45, 7) is 9.92. The summed E-state index contributed by atoms with van der Waals surface area (Å²) < 4.78 is 11.2. The number of carbonyl (C=O) groups is 3. The van der Waals surface area contributed by atoms with Crippen LogP contribution in [0.4, 0.5) is 4.79 Å². The number of carbonyl (C=O) groups excluding carboxylic acids is 3. The van der Waals surface area contributed by atoms with Gasteiger partial charge < -0.3 is 30.7 Å². The number of hydrogen-bond acceptors (Lipinski definition) is 6. The van der Waals surface area contributed by atoms with Crippen LogP contribution in [0.2, 0.25) is 0 Å². The van der Waals surface area contributed by atoms with Gasteiger partial charge in [0.15, 0.2) is 0 Å². The number of likely N-dealkylation sites (N-methyl/N-ethyl adjacent to an activating group) is 1. The second-order valence-corrected chi connectivity index (χ2v) is 10.9. The number of alkyl carbamates (subject to hydrolysis) is 1. The van der Waals surface area contributed by atoms with E-state index >= 15 is 0 Å². The zero-order chi connectivity index (χ0) is 28.6. The summed E-state index contributed by atoms with van der Waals surface area (Å²) in [6, 6.07) is 3.39. The Balaban J connectivity index is 2.82. The van der Waals surface area contributed by atoms with Crippen molar-refractivity contribution in [2.24, 2.45) is 5.73 Å². The van der Waals surface area contributed by atoms with E-state index in [1.807, 2.05) is 45.8 Å². The van der Waals surface area contributed by atoms with Crippen molar-refractivity contribution in [2.75, 3.05) is 40.3 Å². The molecule has 0 aliphatic rings. The number of nitrogens with one attached hydrogen (secondary N) is 2. The first-order chi connectivity index (χ1) is 17.9.